The summed E-state index contributed by atoms with van der Waals surface area (Å²) in [6.45, 7) is 10.2. The van der Waals surface area contributed by atoms with Crippen LogP contribution < -0.4 is 9.47 Å². The van der Waals surface area contributed by atoms with E-state index in [-0.39, 0.29) is 11.8 Å². The van der Waals surface area contributed by atoms with E-state index < -0.39 is 12.2 Å². The molecule has 1 fully saturated rings. The number of benzene rings is 2. The molecular formula is C27H36N2O4. The molecule has 0 aliphatic carbocycles. The molecule has 1 heterocycles. The molecule has 0 radical (unpaired) electrons. The first-order chi connectivity index (χ1) is 15.9. The van der Waals surface area contributed by atoms with Gasteiger partial charge in [0.15, 0.2) is 12.2 Å². The van der Waals surface area contributed by atoms with Gasteiger partial charge in [0, 0.05) is 26.2 Å². The van der Waals surface area contributed by atoms with E-state index in [1.165, 1.54) is 0 Å². The fraction of sp³-hybridized carbons (Fsp3) is 0.481. The van der Waals surface area contributed by atoms with Crippen LogP contribution in [0, 0.1) is 13.8 Å². The van der Waals surface area contributed by atoms with E-state index >= 15 is 0 Å². The van der Waals surface area contributed by atoms with Gasteiger partial charge in [0.2, 0.25) is 0 Å². The highest BCUT2D eigenvalue weighted by molar-refractivity contribution is 5.83. The highest BCUT2D eigenvalue weighted by atomic mass is 16.5. The number of carbonyl (C=O) groups is 2. The maximum Gasteiger partial charge on any atom is 0.263 e. The summed E-state index contributed by atoms with van der Waals surface area (Å²) in [7, 11) is 0. The van der Waals surface area contributed by atoms with E-state index in [1.807, 2.05) is 86.0 Å². The third kappa shape index (κ3) is 6.73. The number of aryl methyl sites for hydroxylation is 2. The van der Waals surface area contributed by atoms with Crippen LogP contribution in [0.2, 0.25) is 0 Å². The Morgan fingerprint density at radius 1 is 0.697 bits per heavy atom. The first-order valence-electron chi connectivity index (χ1n) is 12.0. The number of carbonyl (C=O) groups excluding carboxylic acids is 2. The monoisotopic (exact) mass is 452 g/mol. The van der Waals surface area contributed by atoms with Gasteiger partial charge in [-0.2, -0.15) is 0 Å². The standard InChI is InChI=1S/C27H36N2O4/c1-5-24(32-22-12-8-20(3)9-13-22)26(30)28-16-7-17-29(19-18-28)27(31)25(6-2)33-23-14-10-21(4)11-15-23/h8-15,24-25H,5-7,16-19H2,1-4H3. The number of nitrogens with zero attached hydrogens (tertiary/aromatic N) is 2. The predicted molar refractivity (Wildman–Crippen MR) is 130 cm³/mol. The van der Waals surface area contributed by atoms with Crippen LogP contribution in [0.15, 0.2) is 48.5 Å². The SMILES string of the molecule is CCC(Oc1ccc(C)cc1)C(=O)N1CCCN(C(=O)C(CC)Oc2ccc(C)cc2)CC1. The Balaban J connectivity index is 1.58. The largest absolute Gasteiger partial charge is 0.481 e. The van der Waals surface area contributed by atoms with Gasteiger partial charge in [-0.3, -0.25) is 9.59 Å². The molecule has 2 aromatic rings. The fourth-order valence-electron chi connectivity index (χ4n) is 3.94. The molecule has 2 unspecified atom stereocenters. The number of ether oxygens (including phenoxy) is 2. The van der Waals surface area contributed by atoms with Gasteiger partial charge in [-0.05, 0) is 57.4 Å². The van der Waals surface area contributed by atoms with Crippen LogP contribution >= 0.6 is 0 Å². The van der Waals surface area contributed by atoms with Crippen molar-refractivity contribution in [1.82, 2.24) is 9.80 Å². The van der Waals surface area contributed by atoms with E-state index in [2.05, 4.69) is 0 Å². The molecule has 2 aromatic carbocycles. The van der Waals surface area contributed by atoms with E-state index in [1.54, 1.807) is 0 Å². The van der Waals surface area contributed by atoms with E-state index in [0.29, 0.717) is 50.5 Å². The minimum Gasteiger partial charge on any atom is -0.481 e. The van der Waals surface area contributed by atoms with Gasteiger partial charge in [0.05, 0.1) is 0 Å². The molecule has 0 spiro atoms. The lowest BCUT2D eigenvalue weighted by molar-refractivity contribution is -0.141. The number of hydrogen-bond donors (Lipinski definition) is 0. The molecule has 6 nitrogen and oxygen atoms in total. The molecule has 0 N–H and O–H groups in total. The van der Waals surface area contributed by atoms with Crippen molar-refractivity contribution in [2.45, 2.75) is 59.2 Å². The average molecular weight is 453 g/mol. The van der Waals surface area contributed by atoms with Crippen LogP contribution in [0.5, 0.6) is 11.5 Å². The van der Waals surface area contributed by atoms with E-state index in [4.69, 9.17) is 9.47 Å². The van der Waals surface area contributed by atoms with Crippen molar-refractivity contribution in [2.75, 3.05) is 26.2 Å². The minimum absolute atomic E-state index is 0.0182. The molecule has 0 aromatic heterocycles. The van der Waals surface area contributed by atoms with Crippen molar-refractivity contribution in [2.24, 2.45) is 0 Å². The van der Waals surface area contributed by atoms with Gasteiger partial charge in [0.25, 0.3) is 11.8 Å². The number of hydrogen-bond acceptors (Lipinski definition) is 4. The van der Waals surface area contributed by atoms with Gasteiger partial charge < -0.3 is 19.3 Å². The predicted octanol–water partition coefficient (Wildman–Crippen LogP) is 4.38. The van der Waals surface area contributed by atoms with E-state index in [0.717, 1.165) is 17.5 Å². The maximum atomic E-state index is 13.2. The van der Waals surface area contributed by atoms with Crippen molar-refractivity contribution >= 4 is 11.8 Å². The molecular weight excluding hydrogens is 416 g/mol. The van der Waals surface area contributed by atoms with Gasteiger partial charge in [-0.25, -0.2) is 0 Å². The second-order valence-electron chi connectivity index (χ2n) is 8.66. The highest BCUT2D eigenvalue weighted by Gasteiger charge is 2.30. The fourth-order valence-corrected chi connectivity index (χ4v) is 3.94. The quantitative estimate of drug-likeness (QED) is 0.596. The van der Waals surface area contributed by atoms with Crippen molar-refractivity contribution in [3.8, 4) is 11.5 Å². The Morgan fingerprint density at radius 3 is 1.39 bits per heavy atom. The smallest absolute Gasteiger partial charge is 0.263 e. The Bertz CT molecular complexity index is 835. The molecule has 6 heteroatoms. The summed E-state index contributed by atoms with van der Waals surface area (Å²) in [6, 6.07) is 15.5. The van der Waals surface area contributed by atoms with Crippen molar-refractivity contribution in [3.63, 3.8) is 0 Å². The van der Waals surface area contributed by atoms with Crippen molar-refractivity contribution in [1.29, 1.82) is 0 Å². The molecule has 33 heavy (non-hydrogen) atoms. The van der Waals surface area contributed by atoms with Crippen LogP contribution in [0.25, 0.3) is 0 Å². The lowest BCUT2D eigenvalue weighted by Gasteiger charge is -2.27. The first kappa shape index (κ1) is 24.6. The van der Waals surface area contributed by atoms with Gasteiger partial charge >= 0.3 is 0 Å². The zero-order valence-corrected chi connectivity index (χ0v) is 20.3. The molecule has 178 valence electrons. The summed E-state index contributed by atoms with van der Waals surface area (Å²) in [5, 5.41) is 0. The third-order valence-electron chi connectivity index (χ3n) is 6.01. The Morgan fingerprint density at radius 2 is 1.06 bits per heavy atom. The second kappa shape index (κ2) is 11.7. The van der Waals surface area contributed by atoms with Gasteiger partial charge in [-0.1, -0.05) is 49.2 Å². The Labute approximate surface area is 197 Å². The Kier molecular flexibility index (Phi) is 8.75. The van der Waals surface area contributed by atoms with Crippen molar-refractivity contribution in [3.05, 3.63) is 59.7 Å². The van der Waals surface area contributed by atoms with Crippen LogP contribution in [-0.4, -0.2) is 60.0 Å². The zero-order valence-electron chi connectivity index (χ0n) is 20.3. The molecule has 1 aliphatic rings. The molecule has 2 atom stereocenters. The lowest BCUT2D eigenvalue weighted by Crippen LogP contribution is -2.46. The molecule has 0 saturated carbocycles. The molecule has 1 aliphatic heterocycles. The van der Waals surface area contributed by atoms with E-state index in [9.17, 15) is 9.59 Å². The summed E-state index contributed by atoms with van der Waals surface area (Å²) in [5.41, 5.74) is 2.30. The second-order valence-corrected chi connectivity index (χ2v) is 8.66. The van der Waals surface area contributed by atoms with Crippen LogP contribution in [0.3, 0.4) is 0 Å². The first-order valence-corrected chi connectivity index (χ1v) is 12.0. The molecule has 0 bridgehead atoms. The number of rotatable bonds is 8. The highest BCUT2D eigenvalue weighted by Crippen LogP contribution is 2.19. The summed E-state index contributed by atoms with van der Waals surface area (Å²) in [4.78, 5) is 30.0. The maximum absolute atomic E-state index is 13.2. The molecule has 2 amide bonds. The molecule has 3 rings (SSSR count). The Hall–Kier alpha value is -3.02. The summed E-state index contributed by atoms with van der Waals surface area (Å²) in [6.07, 6.45) is 0.869. The molecule has 1 saturated heterocycles. The van der Waals surface area contributed by atoms with Gasteiger partial charge in [-0.15, -0.1) is 0 Å². The lowest BCUT2D eigenvalue weighted by atomic mass is 10.2. The van der Waals surface area contributed by atoms with Gasteiger partial charge in [0.1, 0.15) is 11.5 Å². The summed E-state index contributed by atoms with van der Waals surface area (Å²) >= 11 is 0. The zero-order chi connectivity index (χ0) is 23.8. The third-order valence-corrected chi connectivity index (χ3v) is 6.01. The minimum atomic E-state index is -0.525. The van der Waals surface area contributed by atoms with Crippen LogP contribution in [-0.2, 0) is 9.59 Å². The topological polar surface area (TPSA) is 59.1 Å². The number of amides is 2. The normalized spacial score (nSPS) is 16.0. The summed E-state index contributed by atoms with van der Waals surface area (Å²) < 4.78 is 12.0. The average Bonchev–Trinajstić information content (AvgIpc) is 3.09. The van der Waals surface area contributed by atoms with Crippen molar-refractivity contribution < 1.29 is 19.1 Å². The van der Waals surface area contributed by atoms with Crippen LogP contribution in [0.4, 0.5) is 0 Å². The van der Waals surface area contributed by atoms with Crippen LogP contribution in [0.1, 0.15) is 44.2 Å². The summed E-state index contributed by atoms with van der Waals surface area (Å²) in [5.74, 6) is 1.36.